The monoisotopic (exact) mass is 272 g/mol. The summed E-state index contributed by atoms with van der Waals surface area (Å²) >= 11 is 4.26. The van der Waals surface area contributed by atoms with Gasteiger partial charge in [-0.1, -0.05) is 12.1 Å². The average molecular weight is 272 g/mol. The van der Waals surface area contributed by atoms with Crippen LogP contribution in [0.3, 0.4) is 0 Å². The molecule has 1 heterocycles. The molecule has 1 aromatic heterocycles. The lowest BCUT2D eigenvalue weighted by molar-refractivity contribution is 0.0938. The van der Waals surface area contributed by atoms with Crippen LogP contribution in [0, 0.1) is 6.92 Å². The predicted octanol–water partition coefficient (Wildman–Crippen LogP) is 3.17. The van der Waals surface area contributed by atoms with Gasteiger partial charge < -0.3 is 5.32 Å². The van der Waals surface area contributed by atoms with E-state index in [-0.39, 0.29) is 11.9 Å². The van der Waals surface area contributed by atoms with E-state index in [0.29, 0.717) is 5.56 Å². The molecule has 1 amide bonds. The van der Waals surface area contributed by atoms with Crippen LogP contribution in [0.25, 0.3) is 0 Å². The van der Waals surface area contributed by atoms with Crippen molar-refractivity contribution in [3.63, 3.8) is 0 Å². The summed E-state index contributed by atoms with van der Waals surface area (Å²) in [6, 6.07) is 11.1. The van der Waals surface area contributed by atoms with E-state index < -0.39 is 0 Å². The summed E-state index contributed by atoms with van der Waals surface area (Å²) in [6.45, 7) is 3.83. The molecule has 0 bridgehead atoms. The first-order valence-corrected chi connectivity index (χ1v) is 6.54. The third kappa shape index (κ3) is 3.35. The van der Waals surface area contributed by atoms with Crippen molar-refractivity contribution in [1.82, 2.24) is 10.3 Å². The van der Waals surface area contributed by atoms with Gasteiger partial charge in [-0.25, -0.2) is 0 Å². The fourth-order valence-electron chi connectivity index (χ4n) is 1.84. The number of benzene rings is 1. The Bertz CT molecular complexity index is 584. The fraction of sp³-hybridized carbons (Fsp3) is 0.200. The van der Waals surface area contributed by atoms with Crippen LogP contribution in [0.2, 0.25) is 0 Å². The molecule has 2 aromatic rings. The second-order valence-corrected chi connectivity index (χ2v) is 4.97. The summed E-state index contributed by atoms with van der Waals surface area (Å²) in [5.41, 5.74) is 2.43. The molecule has 98 valence electrons. The molecular weight excluding hydrogens is 256 g/mol. The molecule has 0 saturated heterocycles. The number of hydrogen-bond acceptors (Lipinski definition) is 3. The zero-order valence-electron chi connectivity index (χ0n) is 10.9. The Balaban J connectivity index is 2.15. The van der Waals surface area contributed by atoms with Crippen molar-refractivity contribution in [2.45, 2.75) is 24.8 Å². The number of aryl methyl sites for hydroxylation is 1. The van der Waals surface area contributed by atoms with Gasteiger partial charge in [0.1, 0.15) is 0 Å². The SMILES string of the molecule is Cc1ccc(S)cc1C(=O)NC(C)c1ccccn1. The maximum absolute atomic E-state index is 12.2. The number of thiol groups is 1. The number of carbonyl (C=O) groups is 1. The highest BCUT2D eigenvalue weighted by Crippen LogP contribution is 2.16. The van der Waals surface area contributed by atoms with Gasteiger partial charge in [0, 0.05) is 16.7 Å². The quantitative estimate of drug-likeness (QED) is 0.843. The first-order valence-electron chi connectivity index (χ1n) is 6.09. The van der Waals surface area contributed by atoms with Crippen LogP contribution in [-0.4, -0.2) is 10.9 Å². The predicted molar refractivity (Wildman–Crippen MR) is 78.5 cm³/mol. The van der Waals surface area contributed by atoms with E-state index in [2.05, 4.69) is 22.9 Å². The molecule has 0 saturated carbocycles. The summed E-state index contributed by atoms with van der Waals surface area (Å²) in [6.07, 6.45) is 1.72. The Morgan fingerprint density at radius 2 is 2.11 bits per heavy atom. The van der Waals surface area contributed by atoms with Gasteiger partial charge in [-0.3, -0.25) is 9.78 Å². The van der Waals surface area contributed by atoms with Crippen molar-refractivity contribution in [2.24, 2.45) is 0 Å². The maximum atomic E-state index is 12.2. The van der Waals surface area contributed by atoms with Gasteiger partial charge in [0.25, 0.3) is 5.91 Å². The lowest BCUT2D eigenvalue weighted by Gasteiger charge is -2.14. The van der Waals surface area contributed by atoms with E-state index in [9.17, 15) is 4.79 Å². The summed E-state index contributed by atoms with van der Waals surface area (Å²) in [7, 11) is 0. The third-order valence-electron chi connectivity index (χ3n) is 2.94. The highest BCUT2D eigenvalue weighted by atomic mass is 32.1. The van der Waals surface area contributed by atoms with Crippen LogP contribution in [-0.2, 0) is 0 Å². The molecule has 3 nitrogen and oxygen atoms in total. The number of nitrogens with zero attached hydrogens (tertiary/aromatic N) is 1. The zero-order valence-corrected chi connectivity index (χ0v) is 11.8. The molecule has 0 radical (unpaired) electrons. The van der Waals surface area contributed by atoms with Gasteiger partial charge in [-0.15, -0.1) is 12.6 Å². The van der Waals surface area contributed by atoms with Crippen molar-refractivity contribution in [1.29, 1.82) is 0 Å². The average Bonchev–Trinajstić information content (AvgIpc) is 2.42. The lowest BCUT2D eigenvalue weighted by Crippen LogP contribution is -2.27. The Hall–Kier alpha value is -1.81. The molecule has 2 rings (SSSR count). The van der Waals surface area contributed by atoms with Gasteiger partial charge in [0.05, 0.1) is 11.7 Å². The van der Waals surface area contributed by atoms with Gasteiger partial charge in [0.15, 0.2) is 0 Å². The number of hydrogen-bond donors (Lipinski definition) is 2. The molecule has 0 aliphatic carbocycles. The van der Waals surface area contributed by atoms with Crippen LogP contribution in [0.15, 0.2) is 47.5 Å². The maximum Gasteiger partial charge on any atom is 0.252 e. The molecule has 0 aliphatic rings. The van der Waals surface area contributed by atoms with Gasteiger partial charge in [-0.2, -0.15) is 0 Å². The van der Waals surface area contributed by atoms with E-state index >= 15 is 0 Å². The number of rotatable bonds is 3. The zero-order chi connectivity index (χ0) is 13.8. The Morgan fingerprint density at radius 3 is 2.79 bits per heavy atom. The smallest absolute Gasteiger partial charge is 0.252 e. The molecule has 0 fully saturated rings. The molecule has 19 heavy (non-hydrogen) atoms. The van der Waals surface area contributed by atoms with Crippen molar-refractivity contribution in [3.05, 3.63) is 59.4 Å². The van der Waals surface area contributed by atoms with Crippen LogP contribution >= 0.6 is 12.6 Å². The standard InChI is InChI=1S/C15H16N2OS/c1-10-6-7-12(19)9-13(10)15(18)17-11(2)14-5-3-4-8-16-14/h3-9,11,19H,1-2H3,(H,17,18). The van der Waals surface area contributed by atoms with Gasteiger partial charge >= 0.3 is 0 Å². The summed E-state index contributed by atoms with van der Waals surface area (Å²) < 4.78 is 0. The second-order valence-electron chi connectivity index (χ2n) is 4.45. The number of aromatic nitrogens is 1. The van der Waals surface area contributed by atoms with E-state index in [1.165, 1.54) is 0 Å². The van der Waals surface area contributed by atoms with Gasteiger partial charge in [-0.05, 0) is 43.7 Å². The normalized spacial score (nSPS) is 11.9. The van der Waals surface area contributed by atoms with Gasteiger partial charge in [0.2, 0.25) is 0 Å². The van der Waals surface area contributed by atoms with E-state index in [4.69, 9.17) is 0 Å². The molecule has 0 spiro atoms. The Kier molecular flexibility index (Phi) is 4.22. The highest BCUT2D eigenvalue weighted by Gasteiger charge is 2.14. The number of nitrogens with one attached hydrogen (secondary N) is 1. The minimum absolute atomic E-state index is 0.105. The van der Waals surface area contributed by atoms with Crippen LogP contribution < -0.4 is 5.32 Å². The fourth-order valence-corrected chi connectivity index (χ4v) is 2.04. The summed E-state index contributed by atoms with van der Waals surface area (Å²) in [5.74, 6) is -0.105. The van der Waals surface area contributed by atoms with Crippen molar-refractivity contribution in [2.75, 3.05) is 0 Å². The van der Waals surface area contributed by atoms with Crippen LogP contribution in [0.4, 0.5) is 0 Å². The summed E-state index contributed by atoms with van der Waals surface area (Å²) in [4.78, 5) is 17.2. The van der Waals surface area contributed by atoms with Crippen LogP contribution in [0.5, 0.6) is 0 Å². The largest absolute Gasteiger partial charge is 0.344 e. The second kappa shape index (κ2) is 5.89. The van der Waals surface area contributed by atoms with Crippen molar-refractivity contribution >= 4 is 18.5 Å². The molecule has 1 unspecified atom stereocenters. The topological polar surface area (TPSA) is 42.0 Å². The minimum Gasteiger partial charge on any atom is -0.344 e. The molecule has 1 aromatic carbocycles. The first kappa shape index (κ1) is 13.6. The first-order chi connectivity index (χ1) is 9.08. The number of carbonyl (C=O) groups excluding carboxylic acids is 1. The third-order valence-corrected chi connectivity index (χ3v) is 3.22. The minimum atomic E-state index is -0.128. The number of amides is 1. The molecule has 0 aliphatic heterocycles. The molecule has 4 heteroatoms. The molecular formula is C15H16N2OS. The lowest BCUT2D eigenvalue weighted by atomic mass is 10.1. The van der Waals surface area contributed by atoms with E-state index in [1.807, 2.05) is 44.2 Å². The van der Waals surface area contributed by atoms with E-state index in [1.54, 1.807) is 12.3 Å². The molecule has 1 N–H and O–H groups in total. The Morgan fingerprint density at radius 1 is 1.32 bits per heavy atom. The highest BCUT2D eigenvalue weighted by molar-refractivity contribution is 7.80. The van der Waals surface area contributed by atoms with Crippen LogP contribution in [0.1, 0.15) is 34.6 Å². The Labute approximate surface area is 118 Å². The van der Waals surface area contributed by atoms with E-state index in [0.717, 1.165) is 16.2 Å². The molecule has 1 atom stereocenters. The van der Waals surface area contributed by atoms with Crippen molar-refractivity contribution in [3.8, 4) is 0 Å². The van der Waals surface area contributed by atoms with Crippen molar-refractivity contribution < 1.29 is 4.79 Å². The number of pyridine rings is 1. The summed E-state index contributed by atoms with van der Waals surface area (Å²) in [5, 5.41) is 2.95.